The summed E-state index contributed by atoms with van der Waals surface area (Å²) in [5, 5.41) is 7.20. The molecule has 5 nitrogen and oxygen atoms in total. The van der Waals surface area contributed by atoms with E-state index >= 15 is 0 Å². The van der Waals surface area contributed by atoms with Crippen molar-refractivity contribution in [2.75, 3.05) is 14.2 Å². The van der Waals surface area contributed by atoms with Crippen LogP contribution < -0.4 is 9.47 Å². The zero-order valence-electron chi connectivity index (χ0n) is 14.0. The van der Waals surface area contributed by atoms with E-state index in [2.05, 4.69) is 10.2 Å². The lowest BCUT2D eigenvalue weighted by Gasteiger charge is -2.08. The molecule has 0 spiro atoms. The first-order valence-electron chi connectivity index (χ1n) is 7.76. The Labute approximate surface area is 145 Å². The Morgan fingerprint density at radius 3 is 2.48 bits per heavy atom. The topological polar surface area (TPSA) is 64.2 Å². The summed E-state index contributed by atoms with van der Waals surface area (Å²) in [4.78, 5) is 12.1. The molecule has 126 valence electrons. The van der Waals surface area contributed by atoms with Crippen molar-refractivity contribution in [1.29, 1.82) is 0 Å². The van der Waals surface area contributed by atoms with Crippen molar-refractivity contribution in [3.8, 4) is 22.8 Å². The number of carbonyl (C=O) groups is 1. The van der Waals surface area contributed by atoms with Gasteiger partial charge >= 0.3 is 0 Å². The summed E-state index contributed by atoms with van der Waals surface area (Å²) in [5.74, 6) is 1.25. The lowest BCUT2D eigenvalue weighted by Crippen LogP contribution is -1.92. The van der Waals surface area contributed by atoms with E-state index in [-0.39, 0.29) is 5.78 Å². The van der Waals surface area contributed by atoms with E-state index in [1.54, 1.807) is 32.4 Å². The van der Waals surface area contributed by atoms with Gasteiger partial charge in [0.25, 0.3) is 0 Å². The molecule has 5 heteroatoms. The Morgan fingerprint density at radius 2 is 1.76 bits per heavy atom. The number of nitrogens with zero attached hydrogens (tertiary/aromatic N) is 1. The number of allylic oxidation sites excluding steroid dienone is 1. The maximum absolute atomic E-state index is 12.1. The Morgan fingerprint density at radius 1 is 1.00 bits per heavy atom. The van der Waals surface area contributed by atoms with Crippen LogP contribution in [-0.2, 0) is 0 Å². The first kappa shape index (κ1) is 16.5. The van der Waals surface area contributed by atoms with Gasteiger partial charge in [0, 0.05) is 11.1 Å². The van der Waals surface area contributed by atoms with Crippen molar-refractivity contribution in [2.45, 2.75) is 0 Å². The standard InChI is InChI=1S/C20H18N2O3/c1-24-19-11-8-15(12-20(19)25-2)17-13-16(21-22-17)9-10-18(23)14-6-4-3-5-7-14/h3-13H,1-2H3,(H,21,22)/b10-9+. The Kier molecular flexibility index (Phi) is 4.95. The van der Waals surface area contributed by atoms with Gasteiger partial charge in [-0.1, -0.05) is 30.3 Å². The smallest absolute Gasteiger partial charge is 0.185 e. The Bertz CT molecular complexity index is 898. The first-order valence-corrected chi connectivity index (χ1v) is 7.76. The van der Waals surface area contributed by atoms with Crippen LogP contribution in [0, 0.1) is 0 Å². The van der Waals surface area contributed by atoms with E-state index in [0.29, 0.717) is 17.1 Å². The molecule has 0 aliphatic rings. The third-order valence-electron chi connectivity index (χ3n) is 3.75. The number of carbonyl (C=O) groups excluding carboxylic acids is 1. The second-order valence-electron chi connectivity index (χ2n) is 5.34. The first-order chi connectivity index (χ1) is 12.2. The average Bonchev–Trinajstić information content (AvgIpc) is 3.15. The van der Waals surface area contributed by atoms with Gasteiger partial charge in [-0.15, -0.1) is 0 Å². The van der Waals surface area contributed by atoms with Crippen LogP contribution >= 0.6 is 0 Å². The second-order valence-corrected chi connectivity index (χ2v) is 5.34. The predicted molar refractivity (Wildman–Crippen MR) is 96.9 cm³/mol. The van der Waals surface area contributed by atoms with Gasteiger partial charge in [0.1, 0.15) is 0 Å². The van der Waals surface area contributed by atoms with Crippen molar-refractivity contribution in [1.82, 2.24) is 10.2 Å². The molecule has 0 radical (unpaired) electrons. The number of ether oxygens (including phenoxy) is 2. The van der Waals surface area contributed by atoms with Gasteiger partial charge in [0.05, 0.1) is 25.6 Å². The molecule has 25 heavy (non-hydrogen) atoms. The fraction of sp³-hybridized carbons (Fsp3) is 0.100. The molecule has 3 rings (SSSR count). The van der Waals surface area contributed by atoms with Gasteiger partial charge in [-0.25, -0.2) is 0 Å². The summed E-state index contributed by atoms with van der Waals surface area (Å²) in [6.45, 7) is 0. The summed E-state index contributed by atoms with van der Waals surface area (Å²) in [7, 11) is 3.19. The molecule has 0 saturated carbocycles. The largest absolute Gasteiger partial charge is 0.493 e. The molecule has 1 N–H and O–H groups in total. The van der Waals surface area contributed by atoms with Crippen LogP contribution in [0.5, 0.6) is 11.5 Å². The molecule has 1 aromatic heterocycles. The average molecular weight is 334 g/mol. The quantitative estimate of drug-likeness (QED) is 0.547. The van der Waals surface area contributed by atoms with E-state index in [9.17, 15) is 4.79 Å². The summed E-state index contributed by atoms with van der Waals surface area (Å²) in [5.41, 5.74) is 3.04. The zero-order valence-corrected chi connectivity index (χ0v) is 14.0. The van der Waals surface area contributed by atoms with E-state index in [0.717, 1.165) is 17.0 Å². The maximum atomic E-state index is 12.1. The number of benzene rings is 2. The summed E-state index contributed by atoms with van der Waals surface area (Å²) >= 11 is 0. The summed E-state index contributed by atoms with van der Waals surface area (Å²) < 4.78 is 10.5. The molecule has 0 fully saturated rings. The number of aromatic nitrogens is 2. The highest BCUT2D eigenvalue weighted by atomic mass is 16.5. The van der Waals surface area contributed by atoms with Crippen LogP contribution in [0.25, 0.3) is 17.3 Å². The van der Waals surface area contributed by atoms with Gasteiger partial charge in [-0.3, -0.25) is 9.89 Å². The van der Waals surface area contributed by atoms with E-state index < -0.39 is 0 Å². The second kappa shape index (κ2) is 7.49. The Hall–Kier alpha value is -3.34. The number of methoxy groups -OCH3 is 2. The van der Waals surface area contributed by atoms with Crippen LogP contribution in [0.4, 0.5) is 0 Å². The minimum atomic E-state index is -0.0529. The maximum Gasteiger partial charge on any atom is 0.185 e. The molecule has 2 aromatic carbocycles. The van der Waals surface area contributed by atoms with Crippen LogP contribution in [0.15, 0.2) is 60.7 Å². The highest BCUT2D eigenvalue weighted by Gasteiger charge is 2.08. The van der Waals surface area contributed by atoms with Crippen LogP contribution in [0.3, 0.4) is 0 Å². The highest BCUT2D eigenvalue weighted by Crippen LogP contribution is 2.31. The van der Waals surface area contributed by atoms with Crippen LogP contribution in [-0.4, -0.2) is 30.2 Å². The molecular weight excluding hydrogens is 316 g/mol. The molecule has 3 aromatic rings. The third-order valence-corrected chi connectivity index (χ3v) is 3.75. The summed E-state index contributed by atoms with van der Waals surface area (Å²) in [6, 6.07) is 16.6. The SMILES string of the molecule is COc1ccc(-c2cc(/C=C/C(=O)c3ccccc3)[nH]n2)cc1OC. The zero-order chi connectivity index (χ0) is 17.6. The number of hydrogen-bond acceptors (Lipinski definition) is 4. The van der Waals surface area contributed by atoms with Crippen molar-refractivity contribution in [2.24, 2.45) is 0 Å². The number of hydrogen-bond donors (Lipinski definition) is 1. The van der Waals surface area contributed by atoms with Gasteiger partial charge in [-0.05, 0) is 36.4 Å². The lowest BCUT2D eigenvalue weighted by atomic mass is 10.1. The molecule has 0 atom stereocenters. The van der Waals surface area contributed by atoms with Gasteiger partial charge < -0.3 is 9.47 Å². The van der Waals surface area contributed by atoms with Crippen LogP contribution in [0.2, 0.25) is 0 Å². The van der Waals surface area contributed by atoms with E-state index in [4.69, 9.17) is 9.47 Å². The summed E-state index contributed by atoms with van der Waals surface area (Å²) in [6.07, 6.45) is 3.24. The predicted octanol–water partition coefficient (Wildman–Crippen LogP) is 3.99. The van der Waals surface area contributed by atoms with Gasteiger partial charge in [0.15, 0.2) is 17.3 Å². The molecule has 1 heterocycles. The number of nitrogens with one attached hydrogen (secondary N) is 1. The minimum absolute atomic E-state index is 0.0529. The molecule has 0 amide bonds. The lowest BCUT2D eigenvalue weighted by molar-refractivity contribution is 0.104. The van der Waals surface area contributed by atoms with E-state index in [1.807, 2.05) is 42.5 Å². The number of aromatic amines is 1. The van der Waals surface area contributed by atoms with Gasteiger partial charge in [-0.2, -0.15) is 5.10 Å². The van der Waals surface area contributed by atoms with Crippen molar-refractivity contribution >= 4 is 11.9 Å². The third kappa shape index (κ3) is 3.77. The van der Waals surface area contributed by atoms with Crippen molar-refractivity contribution in [3.63, 3.8) is 0 Å². The minimum Gasteiger partial charge on any atom is -0.493 e. The van der Waals surface area contributed by atoms with Crippen LogP contribution in [0.1, 0.15) is 16.1 Å². The number of rotatable bonds is 6. The number of ketones is 1. The fourth-order valence-electron chi connectivity index (χ4n) is 2.43. The monoisotopic (exact) mass is 334 g/mol. The molecule has 0 unspecified atom stereocenters. The van der Waals surface area contributed by atoms with Crippen molar-refractivity contribution in [3.05, 3.63) is 71.9 Å². The molecule has 0 aliphatic carbocycles. The fourth-order valence-corrected chi connectivity index (χ4v) is 2.43. The van der Waals surface area contributed by atoms with Crippen molar-refractivity contribution < 1.29 is 14.3 Å². The molecule has 0 aliphatic heterocycles. The Balaban J connectivity index is 1.79. The molecule has 0 saturated heterocycles. The normalized spacial score (nSPS) is 10.8. The number of H-pyrrole nitrogens is 1. The van der Waals surface area contributed by atoms with Gasteiger partial charge in [0.2, 0.25) is 0 Å². The molecule has 0 bridgehead atoms. The van der Waals surface area contributed by atoms with E-state index in [1.165, 1.54) is 6.08 Å². The highest BCUT2D eigenvalue weighted by molar-refractivity contribution is 6.06. The molecular formula is C20H18N2O3.